The van der Waals surface area contributed by atoms with Crippen LogP contribution in [0.2, 0.25) is 0 Å². The van der Waals surface area contributed by atoms with Crippen molar-refractivity contribution in [2.24, 2.45) is 0 Å². The predicted octanol–water partition coefficient (Wildman–Crippen LogP) is 3.73. The van der Waals surface area contributed by atoms with Crippen molar-refractivity contribution in [2.45, 2.75) is 25.1 Å². The predicted molar refractivity (Wildman–Crippen MR) is 96.0 cm³/mol. The van der Waals surface area contributed by atoms with Gasteiger partial charge < -0.3 is 15.6 Å². The summed E-state index contributed by atoms with van der Waals surface area (Å²) in [7, 11) is 0. The minimum atomic E-state index is -4.54. The van der Waals surface area contributed by atoms with Crippen LogP contribution < -0.4 is 10.6 Å². The smallest absolute Gasteiger partial charge is 0.349 e. The Bertz CT molecular complexity index is 1070. The van der Waals surface area contributed by atoms with E-state index in [1.807, 2.05) is 0 Å². The highest BCUT2D eigenvalue weighted by atomic mass is 19.4. The highest BCUT2D eigenvalue weighted by Gasteiger charge is 2.31. The third-order valence-electron chi connectivity index (χ3n) is 4.40. The van der Waals surface area contributed by atoms with E-state index in [0.717, 1.165) is 25.0 Å². The third kappa shape index (κ3) is 3.68. The van der Waals surface area contributed by atoms with Crippen LogP contribution in [0.3, 0.4) is 0 Å². The van der Waals surface area contributed by atoms with Crippen LogP contribution in [0.25, 0.3) is 11.0 Å². The maximum atomic E-state index is 12.8. The number of halogens is 3. The quantitative estimate of drug-likeness (QED) is 0.637. The molecule has 1 fully saturated rings. The second-order valence-corrected chi connectivity index (χ2v) is 6.60. The Morgan fingerprint density at radius 3 is 2.64 bits per heavy atom. The molecule has 1 aliphatic carbocycles. The van der Waals surface area contributed by atoms with Gasteiger partial charge in [0.25, 0.3) is 11.8 Å². The summed E-state index contributed by atoms with van der Waals surface area (Å²) in [5.74, 6) is -0.941. The van der Waals surface area contributed by atoms with Gasteiger partial charge >= 0.3 is 6.18 Å². The molecule has 0 aliphatic heterocycles. The molecule has 2 heterocycles. The number of hydrogen-bond acceptors (Lipinski definition) is 3. The molecule has 0 atom stereocenters. The number of nitrogens with zero attached hydrogens (tertiary/aromatic N) is 1. The van der Waals surface area contributed by atoms with Gasteiger partial charge in [-0.25, -0.2) is 4.98 Å². The Kier molecular flexibility index (Phi) is 4.29. The Balaban J connectivity index is 1.57. The van der Waals surface area contributed by atoms with Crippen molar-refractivity contribution in [1.29, 1.82) is 0 Å². The van der Waals surface area contributed by atoms with Gasteiger partial charge in [0.05, 0.1) is 23.0 Å². The van der Waals surface area contributed by atoms with Crippen molar-refractivity contribution >= 4 is 28.5 Å². The molecule has 0 saturated heterocycles. The van der Waals surface area contributed by atoms with Crippen molar-refractivity contribution < 1.29 is 22.8 Å². The molecule has 0 radical (unpaired) electrons. The van der Waals surface area contributed by atoms with E-state index in [1.54, 1.807) is 6.07 Å². The number of fused-ring (bicyclic) bond motifs is 1. The van der Waals surface area contributed by atoms with E-state index >= 15 is 0 Å². The summed E-state index contributed by atoms with van der Waals surface area (Å²) in [5.41, 5.74) is 0.103. The lowest BCUT2D eigenvalue weighted by Gasteiger charge is -2.09. The van der Waals surface area contributed by atoms with Gasteiger partial charge in [0.15, 0.2) is 0 Å². The second-order valence-electron chi connectivity index (χ2n) is 6.60. The second kappa shape index (κ2) is 6.66. The van der Waals surface area contributed by atoms with E-state index in [1.165, 1.54) is 24.5 Å². The molecule has 144 valence electrons. The maximum absolute atomic E-state index is 12.8. The summed E-state index contributed by atoms with van der Waals surface area (Å²) < 4.78 is 38.5. The number of carbonyl (C=O) groups is 2. The molecular formula is C19H15F3N4O2. The van der Waals surface area contributed by atoms with Crippen LogP contribution in [0.4, 0.5) is 18.9 Å². The molecule has 0 unspecified atom stereocenters. The van der Waals surface area contributed by atoms with Gasteiger partial charge in [-0.05, 0) is 37.1 Å². The summed E-state index contributed by atoms with van der Waals surface area (Å²) in [6.45, 7) is 0. The molecule has 1 saturated carbocycles. The molecule has 9 heteroatoms. The zero-order chi connectivity index (χ0) is 19.9. The Morgan fingerprint density at radius 1 is 1.14 bits per heavy atom. The fourth-order valence-electron chi connectivity index (χ4n) is 2.79. The van der Waals surface area contributed by atoms with Crippen LogP contribution >= 0.6 is 0 Å². The van der Waals surface area contributed by atoms with E-state index in [9.17, 15) is 22.8 Å². The van der Waals surface area contributed by atoms with Gasteiger partial charge in [-0.2, -0.15) is 13.2 Å². The molecular weight excluding hydrogens is 373 g/mol. The van der Waals surface area contributed by atoms with Crippen LogP contribution in [0.1, 0.15) is 39.1 Å². The largest absolute Gasteiger partial charge is 0.416 e. The van der Waals surface area contributed by atoms with Crippen LogP contribution in [0, 0.1) is 0 Å². The number of hydrogen-bond donors (Lipinski definition) is 3. The summed E-state index contributed by atoms with van der Waals surface area (Å²) in [4.78, 5) is 31.7. The third-order valence-corrected chi connectivity index (χ3v) is 4.40. The number of benzene rings is 1. The lowest BCUT2D eigenvalue weighted by atomic mass is 10.1. The fraction of sp³-hybridized carbons (Fsp3) is 0.211. The van der Waals surface area contributed by atoms with Crippen molar-refractivity contribution in [3.8, 4) is 0 Å². The average molecular weight is 388 g/mol. The molecule has 3 aromatic rings. The highest BCUT2D eigenvalue weighted by Crippen LogP contribution is 2.30. The molecule has 28 heavy (non-hydrogen) atoms. The van der Waals surface area contributed by atoms with E-state index in [-0.39, 0.29) is 23.2 Å². The average Bonchev–Trinajstić information content (AvgIpc) is 3.37. The molecule has 1 aromatic carbocycles. The maximum Gasteiger partial charge on any atom is 0.416 e. The van der Waals surface area contributed by atoms with Crippen LogP contribution in [-0.2, 0) is 6.18 Å². The zero-order valence-electron chi connectivity index (χ0n) is 14.4. The summed E-state index contributed by atoms with van der Waals surface area (Å²) in [5, 5.41) is 5.91. The topological polar surface area (TPSA) is 86.9 Å². The van der Waals surface area contributed by atoms with Gasteiger partial charge in [0.1, 0.15) is 5.65 Å². The summed E-state index contributed by atoms with van der Waals surface area (Å²) in [6.07, 6.45) is 0.266. The molecule has 6 nitrogen and oxygen atoms in total. The van der Waals surface area contributed by atoms with E-state index in [2.05, 4.69) is 20.6 Å². The standard InChI is InChI=1S/C19H15F3N4O2/c20-19(21,22)11-3-1-2-10(6-11)17(27)26-13-7-14-15(9-24-16(14)23-8-13)18(28)25-12-4-5-12/h1-3,6-9,12H,4-5H2,(H,23,24)(H,25,28)(H,26,27). The van der Waals surface area contributed by atoms with Crippen molar-refractivity contribution in [2.75, 3.05) is 5.32 Å². The fourth-order valence-corrected chi connectivity index (χ4v) is 2.79. The number of pyridine rings is 1. The van der Waals surface area contributed by atoms with E-state index in [0.29, 0.717) is 16.6 Å². The number of rotatable bonds is 4. The molecule has 2 amide bonds. The number of carbonyl (C=O) groups excluding carboxylic acids is 2. The number of alkyl halides is 3. The van der Waals surface area contributed by atoms with Gasteiger partial charge in [-0.1, -0.05) is 6.07 Å². The number of aromatic amines is 1. The minimum absolute atomic E-state index is 0.129. The van der Waals surface area contributed by atoms with Gasteiger partial charge in [0, 0.05) is 23.2 Å². The zero-order valence-corrected chi connectivity index (χ0v) is 14.4. The normalized spacial score (nSPS) is 14.1. The van der Waals surface area contributed by atoms with Crippen molar-refractivity contribution in [1.82, 2.24) is 15.3 Å². The molecule has 0 spiro atoms. The number of amides is 2. The molecule has 2 aromatic heterocycles. The minimum Gasteiger partial charge on any atom is -0.349 e. The van der Waals surface area contributed by atoms with Gasteiger partial charge in [-0.15, -0.1) is 0 Å². The molecule has 3 N–H and O–H groups in total. The van der Waals surface area contributed by atoms with Gasteiger partial charge in [0.2, 0.25) is 0 Å². The molecule has 4 rings (SSSR count). The number of H-pyrrole nitrogens is 1. The van der Waals surface area contributed by atoms with Crippen molar-refractivity contribution in [3.63, 3.8) is 0 Å². The molecule has 1 aliphatic rings. The Labute approximate surface area is 157 Å². The van der Waals surface area contributed by atoms with E-state index in [4.69, 9.17) is 0 Å². The lowest BCUT2D eigenvalue weighted by Crippen LogP contribution is -2.25. The van der Waals surface area contributed by atoms with Crippen LogP contribution in [0.5, 0.6) is 0 Å². The van der Waals surface area contributed by atoms with E-state index < -0.39 is 17.6 Å². The first-order valence-corrected chi connectivity index (χ1v) is 8.58. The number of nitrogens with one attached hydrogen (secondary N) is 3. The summed E-state index contributed by atoms with van der Waals surface area (Å²) in [6, 6.07) is 5.90. The SMILES string of the molecule is O=C(Nc1cnc2[nH]cc(C(=O)NC3CC3)c2c1)c1cccc(C(F)(F)F)c1. The first kappa shape index (κ1) is 18.0. The molecule has 0 bridgehead atoms. The number of aromatic nitrogens is 2. The first-order valence-electron chi connectivity index (χ1n) is 8.58. The lowest BCUT2D eigenvalue weighted by molar-refractivity contribution is -0.137. The van der Waals surface area contributed by atoms with Crippen LogP contribution in [-0.4, -0.2) is 27.8 Å². The first-order chi connectivity index (χ1) is 13.3. The van der Waals surface area contributed by atoms with Crippen LogP contribution in [0.15, 0.2) is 42.7 Å². The highest BCUT2D eigenvalue weighted by molar-refractivity contribution is 6.08. The Morgan fingerprint density at radius 2 is 1.93 bits per heavy atom. The monoisotopic (exact) mass is 388 g/mol. The number of anilines is 1. The van der Waals surface area contributed by atoms with Gasteiger partial charge in [-0.3, -0.25) is 9.59 Å². The summed E-state index contributed by atoms with van der Waals surface area (Å²) >= 11 is 0. The Hall–Kier alpha value is -3.36. The van der Waals surface area contributed by atoms with Crippen molar-refractivity contribution in [3.05, 3.63) is 59.4 Å².